The Morgan fingerprint density at radius 2 is 0.838 bits per heavy atom. The Hall–Kier alpha value is -0.541. The molecule has 0 aromatic carbocycles. The van der Waals surface area contributed by atoms with E-state index in [1.165, 1.54) is 14.2 Å². The third-order valence-corrected chi connectivity index (χ3v) is 5.19. The van der Waals surface area contributed by atoms with Crippen LogP contribution in [0.25, 0.3) is 0 Å². The van der Waals surface area contributed by atoms with Crippen molar-refractivity contribution in [1.29, 1.82) is 0 Å². The van der Waals surface area contributed by atoms with E-state index in [0.29, 0.717) is 0 Å². The van der Waals surface area contributed by atoms with Gasteiger partial charge in [0.2, 0.25) is 0 Å². The second-order valence-electron chi connectivity index (χ2n) is 7.64. The number of carbonyl (C=O) groups excluding carboxylic acids is 2. The summed E-state index contributed by atoms with van der Waals surface area (Å²) in [4.78, 5) is 24.9. The molecule has 6 heteroatoms. The van der Waals surface area contributed by atoms with Gasteiger partial charge in [0.15, 0.2) is 5.41 Å². The van der Waals surface area contributed by atoms with Gasteiger partial charge in [0.05, 0.1) is 14.2 Å². The molecule has 4 saturated carbocycles. The van der Waals surface area contributed by atoms with E-state index in [1.807, 2.05) is 128 Å². The first-order valence-electron chi connectivity index (χ1n) is 11.4. The van der Waals surface area contributed by atoms with E-state index in [9.17, 15) is 9.59 Å². The first-order valence-corrected chi connectivity index (χ1v) is 11.4. The molecule has 0 bridgehead atoms. The maximum absolute atomic E-state index is 12.4. The quantitative estimate of drug-likeness (QED) is 0.229. The fourth-order valence-corrected chi connectivity index (χ4v) is 3.32. The summed E-state index contributed by atoms with van der Waals surface area (Å²) in [5.74, 6) is 0.823. The summed E-state index contributed by atoms with van der Waals surface area (Å²) < 4.78 is 9.81. The predicted octanol–water partition coefficient (Wildman–Crippen LogP) is 5.06. The van der Waals surface area contributed by atoms with E-state index >= 15 is 0 Å². The van der Waals surface area contributed by atoms with Gasteiger partial charge in [-0.05, 0) is 128 Å². The number of ether oxygens (including phenoxy) is 2. The van der Waals surface area contributed by atoms with Crippen molar-refractivity contribution < 1.29 is 53.2 Å². The second kappa shape index (κ2) is 22.3. The topological polar surface area (TPSA) is 52.6 Å². The van der Waals surface area contributed by atoms with E-state index < -0.39 is 17.4 Å². The molecule has 0 spiro atoms. The first kappa shape index (κ1) is 36.5. The molecule has 0 heterocycles. The van der Waals surface area contributed by atoms with E-state index in [4.69, 9.17) is 9.47 Å². The minimum Gasteiger partial charge on any atom is -0.468 e. The molecule has 0 aliphatic heterocycles. The van der Waals surface area contributed by atoms with Gasteiger partial charge in [-0.2, -0.15) is 0 Å². The van der Waals surface area contributed by atoms with Gasteiger partial charge in [0, 0.05) is 11.8 Å². The monoisotopic (exact) mass is 580 g/mol. The Kier molecular flexibility index (Phi) is 22.0. The zero-order valence-corrected chi connectivity index (χ0v) is 23.2. The number of allylic oxidation sites excluding steroid dienone is 4. The van der Waals surface area contributed by atoms with Crippen molar-refractivity contribution in [1.82, 2.24) is 0 Å². The van der Waals surface area contributed by atoms with Gasteiger partial charge < -0.3 is 9.47 Å². The third kappa shape index (κ3) is 13.9. The van der Waals surface area contributed by atoms with Gasteiger partial charge in [-0.1, -0.05) is 24.3 Å². The van der Waals surface area contributed by atoms with E-state index in [0.717, 1.165) is 11.8 Å². The minimum absolute atomic E-state index is 0. The maximum Gasteiger partial charge on any atom is 2.00 e. The number of esters is 2. The second-order valence-corrected chi connectivity index (χ2v) is 7.64. The molecule has 0 amide bonds. The zero-order valence-electron chi connectivity index (χ0n) is 21.0. The molecule has 0 aromatic rings. The molecule has 4 fully saturated rings. The van der Waals surface area contributed by atoms with Gasteiger partial charge in [-0.25, -0.2) is 0 Å². The SMILES string of the molecule is COC(=O)C(C/C=C/[C]1[CH][CH][CH][CH]1)(C/C=C/[C]1[CH][CH][CH][CH]1)C(=O)OC.[CH]1[CH][CH][CH][CH]1.[CH]1[CH][CH][CH][CH]1.[Fe+2].[Fe+2]. The summed E-state index contributed by atoms with van der Waals surface area (Å²) in [7, 11) is 2.56. The van der Waals surface area contributed by atoms with Gasteiger partial charge in [0.1, 0.15) is 0 Å². The molecular weight excluding hydrogens is 548 g/mol. The summed E-state index contributed by atoms with van der Waals surface area (Å²) in [6.07, 6.45) is 43.3. The molecule has 20 radical (unpaired) electrons. The summed E-state index contributed by atoms with van der Waals surface area (Å²) in [5.41, 5.74) is -1.39. The molecule has 192 valence electrons. The summed E-state index contributed by atoms with van der Waals surface area (Å²) in [6, 6.07) is 0. The Balaban J connectivity index is 0.000000892. The molecule has 0 atom stereocenters. The Morgan fingerprint density at radius 3 is 1.08 bits per heavy atom. The summed E-state index contributed by atoms with van der Waals surface area (Å²) in [6.45, 7) is 0. The van der Waals surface area contributed by atoms with Crippen LogP contribution in [0.15, 0.2) is 24.3 Å². The molecule has 4 nitrogen and oxygen atoms in total. The summed E-state index contributed by atoms with van der Waals surface area (Å²) in [5, 5.41) is 0. The van der Waals surface area contributed by atoms with Crippen LogP contribution in [-0.2, 0) is 53.2 Å². The van der Waals surface area contributed by atoms with Crippen molar-refractivity contribution in [2.75, 3.05) is 14.2 Å². The van der Waals surface area contributed by atoms with Crippen LogP contribution in [0.5, 0.6) is 0 Å². The number of carbonyl (C=O) groups is 2. The smallest absolute Gasteiger partial charge is 0.468 e. The maximum atomic E-state index is 12.4. The van der Waals surface area contributed by atoms with Crippen LogP contribution < -0.4 is 0 Å². The van der Waals surface area contributed by atoms with Crippen molar-refractivity contribution in [3.63, 3.8) is 0 Å². The van der Waals surface area contributed by atoms with E-state index in [1.54, 1.807) is 12.2 Å². The largest absolute Gasteiger partial charge is 2.00 e. The third-order valence-electron chi connectivity index (χ3n) is 5.19. The van der Waals surface area contributed by atoms with Crippen molar-refractivity contribution >= 4 is 11.9 Å². The van der Waals surface area contributed by atoms with Crippen LogP contribution in [0.4, 0.5) is 0 Å². The predicted molar refractivity (Wildman–Crippen MR) is 138 cm³/mol. The zero-order chi connectivity index (χ0) is 25.2. The molecule has 0 N–H and O–H groups in total. The normalized spacial score (nSPS) is 19.9. The Labute approximate surface area is 248 Å². The number of hydrogen-bond donors (Lipinski definition) is 0. The molecule has 0 saturated heterocycles. The first-order chi connectivity index (χ1) is 17.1. The van der Waals surface area contributed by atoms with Crippen LogP contribution in [0, 0.1) is 133 Å². The number of hydrogen-bond acceptors (Lipinski definition) is 4. The van der Waals surface area contributed by atoms with Crippen molar-refractivity contribution in [2.45, 2.75) is 12.8 Å². The molecule has 4 aliphatic rings. The van der Waals surface area contributed by atoms with Crippen molar-refractivity contribution in [2.24, 2.45) is 5.41 Å². The molecule has 0 unspecified atom stereocenters. The van der Waals surface area contributed by atoms with Crippen LogP contribution in [-0.4, -0.2) is 26.2 Å². The Morgan fingerprint density at radius 1 is 0.568 bits per heavy atom. The van der Waals surface area contributed by atoms with E-state index in [2.05, 4.69) is 0 Å². The summed E-state index contributed by atoms with van der Waals surface area (Å²) >= 11 is 0. The van der Waals surface area contributed by atoms with Crippen LogP contribution >= 0.6 is 0 Å². The van der Waals surface area contributed by atoms with Gasteiger partial charge in [0.25, 0.3) is 0 Å². The molecule has 4 rings (SSSR count). The van der Waals surface area contributed by atoms with Crippen molar-refractivity contribution in [3.8, 4) is 0 Å². The van der Waals surface area contributed by atoms with Gasteiger partial charge in [-0.15, -0.1) is 0 Å². The average Bonchev–Trinajstić information content (AvgIpc) is 3.71. The number of rotatable bonds is 8. The minimum atomic E-state index is -1.39. The van der Waals surface area contributed by atoms with Gasteiger partial charge >= 0.3 is 46.1 Å². The Bertz CT molecular complexity index is 570. The molecule has 37 heavy (non-hydrogen) atoms. The van der Waals surface area contributed by atoms with Crippen LogP contribution in [0.2, 0.25) is 0 Å². The van der Waals surface area contributed by atoms with Gasteiger partial charge in [-0.3, -0.25) is 9.59 Å². The van der Waals surface area contributed by atoms with Crippen molar-refractivity contribution in [3.05, 3.63) is 152 Å². The fourth-order valence-electron chi connectivity index (χ4n) is 3.32. The van der Waals surface area contributed by atoms with Crippen LogP contribution in [0.1, 0.15) is 12.8 Å². The average molecular weight is 580 g/mol. The molecule has 4 aliphatic carbocycles. The molecular formula is C31H32Fe2O4+4. The standard InChI is InChI=1S/C21H22O4.2C5H5.2Fe/c1-24-19(22)21(20(23)25-2,15-7-13-17-9-3-4-10-17)16-8-14-18-11-5-6-12-18;2*1-2-4-5-3-1;;/h3-14H,15-16H2,1-2H3;2*1-5H;;/q;;;2*+2/b13-7+,14-8+;;;;. The molecule has 0 aromatic heterocycles. The number of methoxy groups -OCH3 is 2. The van der Waals surface area contributed by atoms with Crippen LogP contribution in [0.3, 0.4) is 0 Å². The van der Waals surface area contributed by atoms with E-state index in [-0.39, 0.29) is 47.0 Å². The fraction of sp³-hybridized carbons (Fsp3) is 0.161.